The van der Waals surface area contributed by atoms with E-state index >= 15 is 0 Å². The minimum Gasteiger partial charge on any atom is -0.497 e. The van der Waals surface area contributed by atoms with Crippen LogP contribution in [-0.2, 0) is 9.53 Å². The fraction of sp³-hybridized carbons (Fsp3) is 0.588. The normalized spacial score (nSPS) is 19.5. The Morgan fingerprint density at radius 3 is 3.00 bits per heavy atom. The van der Waals surface area contributed by atoms with Crippen LogP contribution in [0.1, 0.15) is 26.2 Å². The van der Waals surface area contributed by atoms with Crippen LogP contribution in [0.5, 0.6) is 5.75 Å². The Bertz CT molecular complexity index is 473. The molecule has 1 amide bonds. The van der Waals surface area contributed by atoms with Gasteiger partial charge in [0.05, 0.1) is 13.7 Å². The van der Waals surface area contributed by atoms with Crippen molar-refractivity contribution in [2.24, 2.45) is 0 Å². The van der Waals surface area contributed by atoms with Crippen molar-refractivity contribution in [3.8, 4) is 5.75 Å². The molecule has 1 aliphatic rings. The third-order valence-electron chi connectivity index (χ3n) is 4.05. The van der Waals surface area contributed by atoms with E-state index in [1.165, 1.54) is 11.3 Å². The summed E-state index contributed by atoms with van der Waals surface area (Å²) in [5.41, 5.74) is 0.772. The zero-order valence-electron chi connectivity index (χ0n) is 13.6. The van der Waals surface area contributed by atoms with E-state index in [1.54, 1.807) is 7.11 Å². The number of carbonyl (C=O) groups is 1. The maximum Gasteiger partial charge on any atom is 0.279 e. The molecule has 5 nitrogen and oxygen atoms in total. The van der Waals surface area contributed by atoms with Crippen molar-refractivity contribution < 1.29 is 19.2 Å². The summed E-state index contributed by atoms with van der Waals surface area (Å²) < 4.78 is 10.9. The van der Waals surface area contributed by atoms with E-state index in [0.717, 1.165) is 44.0 Å². The highest BCUT2D eigenvalue weighted by molar-refractivity contribution is 5.91. The highest BCUT2D eigenvalue weighted by atomic mass is 16.5. The number of anilines is 1. The third-order valence-corrected chi connectivity index (χ3v) is 4.05. The maximum atomic E-state index is 12.2. The maximum absolute atomic E-state index is 12.2. The molecule has 0 bridgehead atoms. The predicted octanol–water partition coefficient (Wildman–Crippen LogP) is 1.11. The summed E-state index contributed by atoms with van der Waals surface area (Å²) in [5.74, 6) is 0.772. The number of nitrogens with one attached hydrogen (secondary N) is 2. The van der Waals surface area contributed by atoms with Gasteiger partial charge in [-0.25, -0.2) is 0 Å². The number of quaternary nitrogens is 1. The quantitative estimate of drug-likeness (QED) is 0.793. The van der Waals surface area contributed by atoms with E-state index in [9.17, 15) is 4.79 Å². The second kappa shape index (κ2) is 8.76. The molecule has 1 unspecified atom stereocenters. The molecule has 1 aromatic rings. The topological polar surface area (TPSA) is 52.0 Å². The molecule has 122 valence electrons. The monoisotopic (exact) mass is 307 g/mol. The summed E-state index contributed by atoms with van der Waals surface area (Å²) in [7, 11) is 1.62. The highest BCUT2D eigenvalue weighted by Crippen LogP contribution is 2.16. The Balaban J connectivity index is 1.82. The van der Waals surface area contributed by atoms with Gasteiger partial charge in [0.15, 0.2) is 6.54 Å². The van der Waals surface area contributed by atoms with Crippen LogP contribution in [0.4, 0.5) is 5.69 Å². The molecule has 1 aliphatic heterocycles. The highest BCUT2D eigenvalue weighted by Gasteiger charge is 2.21. The summed E-state index contributed by atoms with van der Waals surface area (Å²) >= 11 is 0. The van der Waals surface area contributed by atoms with Crippen molar-refractivity contribution in [3.63, 3.8) is 0 Å². The fourth-order valence-corrected chi connectivity index (χ4v) is 2.76. The molecule has 2 rings (SSSR count). The van der Waals surface area contributed by atoms with Crippen LogP contribution in [0.2, 0.25) is 0 Å². The number of carbonyl (C=O) groups excluding carboxylic acids is 1. The molecule has 1 saturated heterocycles. The first-order chi connectivity index (χ1) is 10.7. The zero-order valence-corrected chi connectivity index (χ0v) is 13.6. The predicted molar refractivity (Wildman–Crippen MR) is 86.5 cm³/mol. The van der Waals surface area contributed by atoms with Gasteiger partial charge in [-0.1, -0.05) is 6.07 Å². The molecule has 1 heterocycles. The van der Waals surface area contributed by atoms with Crippen molar-refractivity contribution in [1.82, 2.24) is 0 Å². The lowest BCUT2D eigenvalue weighted by Gasteiger charge is -2.26. The fourth-order valence-electron chi connectivity index (χ4n) is 2.76. The summed E-state index contributed by atoms with van der Waals surface area (Å²) in [6.45, 7) is 5.26. The number of hydrogen-bond acceptors (Lipinski definition) is 3. The van der Waals surface area contributed by atoms with Crippen molar-refractivity contribution in [3.05, 3.63) is 24.3 Å². The van der Waals surface area contributed by atoms with Crippen LogP contribution in [0, 0.1) is 0 Å². The van der Waals surface area contributed by atoms with Crippen LogP contribution in [0.3, 0.4) is 0 Å². The average molecular weight is 307 g/mol. The first-order valence-corrected chi connectivity index (χ1v) is 8.10. The first kappa shape index (κ1) is 16.8. The number of rotatable bonds is 7. The van der Waals surface area contributed by atoms with Crippen molar-refractivity contribution >= 4 is 11.6 Å². The molecule has 0 saturated carbocycles. The molecule has 1 fully saturated rings. The van der Waals surface area contributed by atoms with Crippen molar-refractivity contribution in [2.75, 3.05) is 38.7 Å². The van der Waals surface area contributed by atoms with Crippen LogP contribution in [-0.4, -0.2) is 45.4 Å². The van der Waals surface area contributed by atoms with E-state index < -0.39 is 0 Å². The SMILES string of the molecule is CC[NH+](CC(=O)Nc1cccc(OC)c1)C[C@@H]1CCCCO1. The Hall–Kier alpha value is -1.59. The Morgan fingerprint density at radius 1 is 1.45 bits per heavy atom. The summed E-state index contributed by atoms with van der Waals surface area (Å²) in [6, 6.07) is 7.43. The van der Waals surface area contributed by atoms with E-state index in [4.69, 9.17) is 9.47 Å². The van der Waals surface area contributed by atoms with Crippen LogP contribution < -0.4 is 15.0 Å². The second-order valence-corrected chi connectivity index (χ2v) is 5.75. The molecule has 1 aromatic carbocycles. The smallest absolute Gasteiger partial charge is 0.279 e. The van der Waals surface area contributed by atoms with Gasteiger partial charge < -0.3 is 19.7 Å². The summed E-state index contributed by atoms with van der Waals surface area (Å²) in [4.78, 5) is 13.5. The Morgan fingerprint density at radius 2 is 2.32 bits per heavy atom. The molecule has 22 heavy (non-hydrogen) atoms. The molecule has 0 aliphatic carbocycles. The largest absolute Gasteiger partial charge is 0.497 e. The van der Waals surface area contributed by atoms with Gasteiger partial charge in [0, 0.05) is 18.4 Å². The van der Waals surface area contributed by atoms with Gasteiger partial charge in [-0.05, 0) is 38.3 Å². The Kier molecular flexibility index (Phi) is 6.68. The molecule has 0 radical (unpaired) electrons. The minimum absolute atomic E-state index is 0.0286. The van der Waals surface area contributed by atoms with E-state index in [0.29, 0.717) is 12.6 Å². The number of amides is 1. The van der Waals surface area contributed by atoms with Crippen LogP contribution in [0.25, 0.3) is 0 Å². The van der Waals surface area contributed by atoms with Crippen LogP contribution in [0.15, 0.2) is 24.3 Å². The molecule has 0 spiro atoms. The minimum atomic E-state index is 0.0286. The van der Waals surface area contributed by atoms with E-state index in [2.05, 4.69) is 12.2 Å². The van der Waals surface area contributed by atoms with Crippen LogP contribution >= 0.6 is 0 Å². The van der Waals surface area contributed by atoms with Gasteiger partial charge in [-0.2, -0.15) is 0 Å². The number of hydrogen-bond donors (Lipinski definition) is 2. The molecule has 0 aromatic heterocycles. The van der Waals surface area contributed by atoms with Crippen molar-refractivity contribution in [1.29, 1.82) is 0 Å². The lowest BCUT2D eigenvalue weighted by molar-refractivity contribution is -0.893. The third kappa shape index (κ3) is 5.31. The number of likely N-dealkylation sites (N-methyl/N-ethyl adjacent to an activating group) is 1. The molecular weight excluding hydrogens is 280 g/mol. The molecule has 2 N–H and O–H groups in total. The van der Waals surface area contributed by atoms with E-state index in [1.807, 2.05) is 24.3 Å². The van der Waals surface area contributed by atoms with Gasteiger partial charge in [-0.15, -0.1) is 0 Å². The Labute approximate surface area is 132 Å². The lowest BCUT2D eigenvalue weighted by Crippen LogP contribution is -3.13. The molecular formula is C17H27N2O3+. The van der Waals surface area contributed by atoms with Gasteiger partial charge in [-0.3, -0.25) is 4.79 Å². The first-order valence-electron chi connectivity index (χ1n) is 8.10. The zero-order chi connectivity index (χ0) is 15.8. The molecule has 2 atom stereocenters. The number of benzene rings is 1. The average Bonchev–Trinajstić information content (AvgIpc) is 2.55. The standard InChI is InChI=1S/C17H26N2O3/c1-3-19(12-16-8-4-5-10-22-16)13-17(20)18-14-7-6-9-15(11-14)21-2/h6-7,9,11,16H,3-5,8,10,12-13H2,1-2H3,(H,18,20)/p+1/t16-/m0/s1. The number of methoxy groups -OCH3 is 1. The van der Waals surface area contributed by atoms with Gasteiger partial charge in [0.1, 0.15) is 18.4 Å². The van der Waals surface area contributed by atoms with Gasteiger partial charge in [0.2, 0.25) is 0 Å². The second-order valence-electron chi connectivity index (χ2n) is 5.75. The number of ether oxygens (including phenoxy) is 2. The summed E-state index contributed by atoms with van der Waals surface area (Å²) in [6.07, 6.45) is 3.81. The van der Waals surface area contributed by atoms with Gasteiger partial charge in [0.25, 0.3) is 5.91 Å². The lowest BCUT2D eigenvalue weighted by atomic mass is 10.1. The van der Waals surface area contributed by atoms with Gasteiger partial charge >= 0.3 is 0 Å². The molecule has 5 heteroatoms. The van der Waals surface area contributed by atoms with Crippen molar-refractivity contribution in [2.45, 2.75) is 32.3 Å². The summed E-state index contributed by atoms with van der Waals surface area (Å²) in [5, 5.41) is 2.94. The van der Waals surface area contributed by atoms with E-state index in [-0.39, 0.29) is 5.91 Å².